The lowest BCUT2D eigenvalue weighted by Crippen LogP contribution is -2.36. The predicted molar refractivity (Wildman–Crippen MR) is 106 cm³/mol. The number of hydrogen-bond donors (Lipinski definition) is 1. The van der Waals surface area contributed by atoms with Crippen LogP contribution in [0.2, 0.25) is 0 Å². The Bertz CT molecular complexity index is 850. The second-order valence-electron chi connectivity index (χ2n) is 6.42. The number of amides is 1. The van der Waals surface area contributed by atoms with Gasteiger partial charge in [0.25, 0.3) is 5.91 Å². The molecule has 0 aliphatic carbocycles. The fourth-order valence-electron chi connectivity index (χ4n) is 2.95. The molecule has 9 heteroatoms. The molecule has 2 aromatic rings. The first kappa shape index (κ1) is 20.4. The van der Waals surface area contributed by atoms with Crippen molar-refractivity contribution in [1.82, 2.24) is 5.32 Å². The maximum absolute atomic E-state index is 12.0. The van der Waals surface area contributed by atoms with Gasteiger partial charge in [-0.15, -0.1) is 0 Å². The summed E-state index contributed by atoms with van der Waals surface area (Å²) < 4.78 is 15.7. The van der Waals surface area contributed by atoms with Crippen LogP contribution in [0.4, 0.5) is 11.4 Å². The summed E-state index contributed by atoms with van der Waals surface area (Å²) >= 11 is 0. The third-order valence-electron chi connectivity index (χ3n) is 4.52. The molecule has 1 saturated heterocycles. The lowest BCUT2D eigenvalue weighted by atomic mass is 10.2. The van der Waals surface area contributed by atoms with Crippen LogP contribution in [0.5, 0.6) is 11.5 Å². The molecule has 1 aliphatic rings. The quantitative estimate of drug-likeness (QED) is 0.534. The van der Waals surface area contributed by atoms with Crippen molar-refractivity contribution in [2.45, 2.75) is 6.54 Å². The Morgan fingerprint density at radius 3 is 2.59 bits per heavy atom. The molecule has 0 unspecified atom stereocenters. The van der Waals surface area contributed by atoms with Gasteiger partial charge < -0.3 is 24.4 Å². The highest BCUT2D eigenvalue weighted by atomic mass is 16.6. The van der Waals surface area contributed by atoms with Crippen LogP contribution >= 0.6 is 0 Å². The molecule has 154 valence electrons. The average molecular weight is 401 g/mol. The van der Waals surface area contributed by atoms with Gasteiger partial charge in [-0.1, -0.05) is 12.1 Å². The van der Waals surface area contributed by atoms with Gasteiger partial charge in [0.2, 0.25) is 5.75 Å². The molecule has 9 nitrogen and oxygen atoms in total. The number of nitrogens with one attached hydrogen (secondary N) is 1. The largest absolute Gasteiger partial charge is 0.490 e. The Kier molecular flexibility index (Phi) is 6.85. The van der Waals surface area contributed by atoms with Crippen molar-refractivity contribution in [3.63, 3.8) is 0 Å². The first-order valence-corrected chi connectivity index (χ1v) is 9.20. The fraction of sp³-hybridized carbons (Fsp3) is 0.350. The van der Waals surface area contributed by atoms with Crippen LogP contribution in [0.1, 0.15) is 5.56 Å². The maximum Gasteiger partial charge on any atom is 0.311 e. The summed E-state index contributed by atoms with van der Waals surface area (Å²) in [5, 5.41) is 13.7. The van der Waals surface area contributed by atoms with E-state index in [9.17, 15) is 14.9 Å². The van der Waals surface area contributed by atoms with Gasteiger partial charge >= 0.3 is 5.69 Å². The van der Waals surface area contributed by atoms with E-state index < -0.39 is 4.92 Å². The number of ether oxygens (including phenoxy) is 3. The summed E-state index contributed by atoms with van der Waals surface area (Å²) in [6, 6.07) is 12.1. The lowest BCUT2D eigenvalue weighted by Gasteiger charge is -2.28. The van der Waals surface area contributed by atoms with E-state index >= 15 is 0 Å². The first-order chi connectivity index (χ1) is 14.1. The summed E-state index contributed by atoms with van der Waals surface area (Å²) in [4.78, 5) is 24.7. The number of rotatable bonds is 8. The molecular formula is C20H23N3O6. The number of nitro benzene ring substituents is 1. The van der Waals surface area contributed by atoms with Gasteiger partial charge in [-0.2, -0.15) is 0 Å². The molecule has 0 spiro atoms. The highest BCUT2D eigenvalue weighted by Gasteiger charge is 2.16. The molecule has 29 heavy (non-hydrogen) atoms. The molecule has 0 aromatic heterocycles. The van der Waals surface area contributed by atoms with Crippen LogP contribution in [-0.2, 0) is 16.1 Å². The SMILES string of the molecule is COc1cc(OCC(=O)NCc2ccc(N3CCOCC3)cc2)ccc1[N+](=O)[O-]. The Morgan fingerprint density at radius 2 is 1.93 bits per heavy atom. The summed E-state index contributed by atoms with van der Waals surface area (Å²) in [7, 11) is 1.34. The van der Waals surface area contributed by atoms with Crippen LogP contribution in [0.25, 0.3) is 0 Å². The molecule has 1 fully saturated rings. The Hall–Kier alpha value is -3.33. The highest BCUT2D eigenvalue weighted by molar-refractivity contribution is 5.77. The zero-order chi connectivity index (χ0) is 20.6. The van der Waals surface area contributed by atoms with E-state index in [1.54, 1.807) is 0 Å². The van der Waals surface area contributed by atoms with E-state index in [4.69, 9.17) is 14.2 Å². The van der Waals surface area contributed by atoms with E-state index in [1.165, 1.54) is 25.3 Å². The zero-order valence-electron chi connectivity index (χ0n) is 16.1. The standard InChI is InChI=1S/C20H23N3O6/c1-27-19-12-17(6-7-18(19)23(25)26)29-14-20(24)21-13-15-2-4-16(5-3-15)22-8-10-28-11-9-22/h2-7,12H,8-11,13-14H2,1H3,(H,21,24). The summed E-state index contributed by atoms with van der Waals surface area (Å²) in [6.45, 7) is 3.40. The van der Waals surface area contributed by atoms with Gasteiger partial charge in [0, 0.05) is 37.5 Å². The van der Waals surface area contributed by atoms with Crippen LogP contribution in [0.15, 0.2) is 42.5 Å². The third-order valence-corrected chi connectivity index (χ3v) is 4.52. The fourth-order valence-corrected chi connectivity index (χ4v) is 2.95. The Labute approximate surface area is 168 Å². The van der Waals surface area contributed by atoms with Gasteiger partial charge in [0.15, 0.2) is 6.61 Å². The summed E-state index contributed by atoms with van der Waals surface area (Å²) in [5.74, 6) is 0.102. The zero-order valence-corrected chi connectivity index (χ0v) is 16.1. The molecule has 0 radical (unpaired) electrons. The normalized spacial score (nSPS) is 13.6. The van der Waals surface area contributed by atoms with E-state index in [-0.39, 0.29) is 24.0 Å². The topological polar surface area (TPSA) is 103 Å². The van der Waals surface area contributed by atoms with Gasteiger partial charge in [0.05, 0.1) is 25.2 Å². The number of carbonyl (C=O) groups excluding carboxylic acids is 1. The third kappa shape index (κ3) is 5.58. The number of carbonyl (C=O) groups is 1. The van der Waals surface area contributed by atoms with E-state index in [1.807, 2.05) is 24.3 Å². The van der Waals surface area contributed by atoms with E-state index in [0.29, 0.717) is 12.3 Å². The lowest BCUT2D eigenvalue weighted by molar-refractivity contribution is -0.385. The molecule has 1 heterocycles. The minimum Gasteiger partial charge on any atom is -0.490 e. The molecule has 0 bridgehead atoms. The summed E-state index contributed by atoms with van der Waals surface area (Å²) in [5.41, 5.74) is 1.95. The predicted octanol–water partition coefficient (Wildman–Crippen LogP) is 2.14. The molecule has 1 aliphatic heterocycles. The van der Waals surface area contributed by atoms with Crippen molar-refractivity contribution in [1.29, 1.82) is 0 Å². The molecule has 1 N–H and O–H groups in total. The second-order valence-corrected chi connectivity index (χ2v) is 6.42. The summed E-state index contributed by atoms with van der Waals surface area (Å²) in [6.07, 6.45) is 0. The number of benzene rings is 2. The number of anilines is 1. The monoisotopic (exact) mass is 401 g/mol. The van der Waals surface area contributed by atoms with Gasteiger partial charge in [-0.05, 0) is 23.8 Å². The molecule has 3 rings (SSSR count). The minimum absolute atomic E-state index is 0.0771. The second kappa shape index (κ2) is 9.74. The number of hydrogen-bond acceptors (Lipinski definition) is 7. The molecular weight excluding hydrogens is 378 g/mol. The Balaban J connectivity index is 1.47. The first-order valence-electron chi connectivity index (χ1n) is 9.20. The minimum atomic E-state index is -0.542. The van der Waals surface area contributed by atoms with Crippen molar-refractivity contribution < 1.29 is 23.9 Å². The van der Waals surface area contributed by atoms with Gasteiger partial charge in [-0.3, -0.25) is 14.9 Å². The van der Waals surface area contributed by atoms with Crippen molar-refractivity contribution in [2.75, 3.05) is 44.9 Å². The Morgan fingerprint density at radius 1 is 1.21 bits per heavy atom. The van der Waals surface area contributed by atoms with E-state index in [2.05, 4.69) is 10.2 Å². The van der Waals surface area contributed by atoms with Gasteiger partial charge in [-0.25, -0.2) is 0 Å². The molecule has 2 aromatic carbocycles. The van der Waals surface area contributed by atoms with Crippen molar-refractivity contribution in [3.05, 3.63) is 58.1 Å². The van der Waals surface area contributed by atoms with Crippen molar-refractivity contribution in [3.8, 4) is 11.5 Å². The number of nitro groups is 1. The number of morpholine rings is 1. The van der Waals surface area contributed by atoms with E-state index in [0.717, 1.165) is 37.6 Å². The van der Waals surface area contributed by atoms with Crippen LogP contribution in [0.3, 0.4) is 0 Å². The van der Waals surface area contributed by atoms with Crippen LogP contribution in [-0.4, -0.2) is 50.9 Å². The molecule has 0 atom stereocenters. The number of nitrogens with zero attached hydrogens (tertiary/aromatic N) is 2. The maximum atomic E-state index is 12.0. The van der Waals surface area contributed by atoms with Crippen LogP contribution < -0.4 is 19.7 Å². The average Bonchev–Trinajstić information content (AvgIpc) is 2.76. The van der Waals surface area contributed by atoms with Crippen LogP contribution in [0, 0.1) is 10.1 Å². The van der Waals surface area contributed by atoms with Crippen molar-refractivity contribution >= 4 is 17.3 Å². The smallest absolute Gasteiger partial charge is 0.311 e. The van der Waals surface area contributed by atoms with Gasteiger partial charge in [0.1, 0.15) is 5.75 Å². The number of methoxy groups -OCH3 is 1. The molecule has 0 saturated carbocycles. The highest BCUT2D eigenvalue weighted by Crippen LogP contribution is 2.30. The molecule has 1 amide bonds. The van der Waals surface area contributed by atoms with Crippen molar-refractivity contribution in [2.24, 2.45) is 0 Å².